The third-order valence-corrected chi connectivity index (χ3v) is 10.7. The van der Waals surface area contributed by atoms with Gasteiger partial charge in [-0.15, -0.1) is 0 Å². The average Bonchev–Trinajstić information content (AvgIpc) is 3.60. The summed E-state index contributed by atoms with van der Waals surface area (Å²) in [5.41, 5.74) is 0.852. The molecule has 2 aliphatic heterocycles. The lowest BCUT2D eigenvalue weighted by atomic mass is 9.90. The second kappa shape index (κ2) is 12.5. The summed E-state index contributed by atoms with van der Waals surface area (Å²) in [5.74, 6) is 1.74. The van der Waals surface area contributed by atoms with Crippen molar-refractivity contribution in [1.82, 2.24) is 29.3 Å². The standard InChI is InChI=1S/C31H42FIN7O3P/c1-29(2,3)43-28(41)39-13-10-31(32,11-14-39)9-12-37-15-17-38(18-16-37)26-20-24(34-21-35-26)27-23-19-22(42-30(4)7-8-30)5-6-25(23)40(36-27)44-33/h5-6,19-21,44H,7-18H2,1-4H3. The number of amides is 1. The lowest BCUT2D eigenvalue weighted by Crippen LogP contribution is -2.50. The van der Waals surface area contributed by atoms with E-state index in [1.54, 1.807) is 11.2 Å². The molecule has 4 heterocycles. The number of fused-ring (bicyclic) bond motifs is 1. The highest BCUT2D eigenvalue weighted by Crippen LogP contribution is 2.42. The Morgan fingerprint density at radius 2 is 1.77 bits per heavy atom. The minimum Gasteiger partial charge on any atom is -0.488 e. The quantitative estimate of drug-likeness (QED) is 0.192. The number of piperidine rings is 1. The van der Waals surface area contributed by atoms with Crippen LogP contribution in [0.25, 0.3) is 22.3 Å². The molecule has 0 N–H and O–H groups in total. The number of halogens is 2. The summed E-state index contributed by atoms with van der Waals surface area (Å²) in [7, 11) is 0. The van der Waals surface area contributed by atoms with Crippen LogP contribution in [0, 0.1) is 0 Å². The zero-order valence-corrected chi connectivity index (χ0v) is 29.1. The van der Waals surface area contributed by atoms with Gasteiger partial charge in [-0.3, -0.25) is 4.90 Å². The van der Waals surface area contributed by atoms with Crippen LogP contribution < -0.4 is 9.64 Å². The lowest BCUT2D eigenvalue weighted by molar-refractivity contribution is -0.000770. The molecule has 3 aliphatic rings. The van der Waals surface area contributed by atoms with Gasteiger partial charge in [-0.05, 0) is 100 Å². The third kappa shape index (κ3) is 7.39. The molecule has 0 radical (unpaired) electrons. The Morgan fingerprint density at radius 1 is 1.05 bits per heavy atom. The van der Waals surface area contributed by atoms with Crippen molar-refractivity contribution in [2.24, 2.45) is 0 Å². The smallest absolute Gasteiger partial charge is 0.410 e. The topological polar surface area (TPSA) is 88.9 Å². The number of benzene rings is 1. The number of hydrogen-bond donors (Lipinski definition) is 0. The molecule has 13 heteroatoms. The van der Waals surface area contributed by atoms with E-state index in [1.165, 1.54) is 0 Å². The van der Waals surface area contributed by atoms with Crippen LogP contribution in [0.2, 0.25) is 0 Å². The van der Waals surface area contributed by atoms with Gasteiger partial charge in [0.15, 0.2) is 0 Å². The van der Waals surface area contributed by atoms with Crippen LogP contribution in [0.4, 0.5) is 15.0 Å². The van der Waals surface area contributed by atoms with E-state index in [0.29, 0.717) is 45.3 Å². The summed E-state index contributed by atoms with van der Waals surface area (Å²) in [6.07, 6.45) is 5.08. The van der Waals surface area contributed by atoms with Crippen molar-refractivity contribution in [3.8, 4) is 17.1 Å². The molecular formula is C31H42FIN7O3P. The monoisotopic (exact) mass is 737 g/mol. The Kier molecular flexibility index (Phi) is 8.98. The van der Waals surface area contributed by atoms with Crippen LogP contribution >= 0.6 is 28.4 Å². The molecule has 10 nitrogen and oxygen atoms in total. The Morgan fingerprint density at radius 3 is 2.43 bits per heavy atom. The molecule has 1 saturated carbocycles. The van der Waals surface area contributed by atoms with Crippen molar-refractivity contribution in [3.63, 3.8) is 0 Å². The zero-order valence-electron chi connectivity index (χ0n) is 26.0. The van der Waals surface area contributed by atoms with E-state index >= 15 is 4.39 Å². The Labute approximate surface area is 273 Å². The van der Waals surface area contributed by atoms with Crippen LogP contribution in [-0.4, -0.2) is 98.1 Å². The van der Waals surface area contributed by atoms with Gasteiger partial charge in [0.25, 0.3) is 0 Å². The Bertz CT molecular complexity index is 1500. The molecule has 1 aromatic carbocycles. The molecule has 6 rings (SSSR count). The summed E-state index contributed by atoms with van der Waals surface area (Å²) in [6.45, 7) is 12.5. The zero-order chi connectivity index (χ0) is 31.1. The molecule has 3 aromatic rings. The second-order valence-electron chi connectivity index (χ2n) is 13.5. The van der Waals surface area contributed by atoms with Gasteiger partial charge in [-0.25, -0.2) is 23.6 Å². The van der Waals surface area contributed by atoms with E-state index in [2.05, 4.69) is 60.9 Å². The molecule has 1 amide bonds. The molecule has 2 saturated heterocycles. The van der Waals surface area contributed by atoms with E-state index in [9.17, 15) is 4.79 Å². The SMILES string of the molecule is CC(C)(C)OC(=O)N1CCC(F)(CCN2CCN(c3cc(-c4nn(PI)c5ccc(OC6(C)CC6)cc45)ncn3)CC2)CC1. The van der Waals surface area contributed by atoms with E-state index in [4.69, 9.17) is 14.6 Å². The number of carbonyl (C=O) groups excluding carboxylic acids is 1. The first-order chi connectivity index (χ1) is 20.9. The fraction of sp³-hybridized carbons (Fsp3) is 0.613. The minimum atomic E-state index is -1.25. The maximum absolute atomic E-state index is 15.6. The van der Waals surface area contributed by atoms with Crippen molar-refractivity contribution in [2.75, 3.05) is 50.7 Å². The number of nitrogens with zero attached hydrogens (tertiary/aromatic N) is 7. The van der Waals surface area contributed by atoms with Gasteiger partial charge in [-0.1, -0.05) is 0 Å². The van der Waals surface area contributed by atoms with Crippen molar-refractivity contribution in [2.45, 2.75) is 76.7 Å². The van der Waals surface area contributed by atoms with Crippen LogP contribution in [-0.2, 0) is 4.74 Å². The molecule has 44 heavy (non-hydrogen) atoms. The number of piperazine rings is 1. The van der Waals surface area contributed by atoms with Gasteiger partial charge in [0.05, 0.1) is 17.6 Å². The number of alkyl halides is 1. The number of hydrogen-bond acceptors (Lipinski definition) is 8. The predicted molar refractivity (Wildman–Crippen MR) is 181 cm³/mol. The highest BCUT2D eigenvalue weighted by Gasteiger charge is 2.40. The normalized spacial score (nSPS) is 20.4. The molecule has 0 bridgehead atoms. The average molecular weight is 738 g/mol. The molecule has 238 valence electrons. The van der Waals surface area contributed by atoms with E-state index in [0.717, 1.165) is 72.9 Å². The van der Waals surface area contributed by atoms with Gasteiger partial charge in [0.1, 0.15) is 40.5 Å². The van der Waals surface area contributed by atoms with Crippen molar-refractivity contribution in [3.05, 3.63) is 30.6 Å². The number of rotatable bonds is 8. The molecule has 2 aromatic heterocycles. The van der Waals surface area contributed by atoms with Crippen LogP contribution in [0.15, 0.2) is 30.6 Å². The van der Waals surface area contributed by atoms with Crippen molar-refractivity contribution >= 4 is 51.2 Å². The summed E-state index contributed by atoms with van der Waals surface area (Å²) in [6, 6.07) is 8.25. The van der Waals surface area contributed by atoms with Crippen LogP contribution in [0.1, 0.15) is 59.8 Å². The van der Waals surface area contributed by atoms with Gasteiger partial charge >= 0.3 is 6.09 Å². The molecule has 1 unspecified atom stereocenters. The van der Waals surface area contributed by atoms with Gasteiger partial charge < -0.3 is 19.3 Å². The van der Waals surface area contributed by atoms with Gasteiger partial charge in [0, 0.05) is 57.3 Å². The van der Waals surface area contributed by atoms with Crippen molar-refractivity contribution in [1.29, 1.82) is 0 Å². The Balaban J connectivity index is 1.05. The Hall–Kier alpha value is -2.31. The number of anilines is 1. The van der Waals surface area contributed by atoms with Gasteiger partial charge in [0.2, 0.25) is 0 Å². The van der Waals surface area contributed by atoms with Crippen LogP contribution in [0.3, 0.4) is 0 Å². The largest absolute Gasteiger partial charge is 0.488 e. The summed E-state index contributed by atoms with van der Waals surface area (Å²) in [5, 5.41) is 5.95. The third-order valence-electron chi connectivity index (χ3n) is 8.83. The maximum atomic E-state index is 15.6. The highest BCUT2D eigenvalue weighted by atomic mass is 127. The van der Waals surface area contributed by atoms with E-state index in [1.807, 2.05) is 37.4 Å². The summed E-state index contributed by atoms with van der Waals surface area (Å²) >= 11 is 2.35. The summed E-state index contributed by atoms with van der Waals surface area (Å²) in [4.78, 5) is 27.8. The fourth-order valence-corrected chi connectivity index (χ4v) is 7.38. The molecule has 0 spiro atoms. The number of likely N-dealkylation sites (tertiary alicyclic amines) is 1. The predicted octanol–water partition coefficient (Wildman–Crippen LogP) is 6.47. The lowest BCUT2D eigenvalue weighted by Gasteiger charge is -2.39. The van der Waals surface area contributed by atoms with E-state index < -0.39 is 11.3 Å². The maximum Gasteiger partial charge on any atom is 0.410 e. The molecule has 1 aliphatic carbocycles. The highest BCUT2D eigenvalue weighted by molar-refractivity contribution is 14.2. The van der Waals surface area contributed by atoms with Gasteiger partial charge in [-0.2, -0.15) is 5.10 Å². The van der Waals surface area contributed by atoms with E-state index in [-0.39, 0.29) is 11.7 Å². The number of aromatic nitrogens is 4. The molecule has 3 fully saturated rings. The minimum absolute atomic E-state index is 0.0523. The van der Waals surface area contributed by atoms with Crippen LogP contribution in [0.5, 0.6) is 5.75 Å². The fourth-order valence-electron chi connectivity index (χ4n) is 5.85. The second-order valence-corrected chi connectivity index (χ2v) is 15.6. The summed E-state index contributed by atoms with van der Waals surface area (Å²) < 4.78 is 29.4. The van der Waals surface area contributed by atoms with Crippen molar-refractivity contribution < 1.29 is 18.7 Å². The number of ether oxygens (including phenoxy) is 2. The first kappa shape index (κ1) is 31.7. The molecule has 1 atom stereocenters. The molecular weight excluding hydrogens is 695 g/mol. The number of carbonyl (C=O) groups is 1. The first-order valence-electron chi connectivity index (χ1n) is 15.5. The first-order valence-corrected chi connectivity index (χ1v) is 19.5.